The number of hydrogen-bond donors (Lipinski definition) is 1. The molecule has 120 valence electrons. The van der Waals surface area contributed by atoms with Crippen molar-refractivity contribution in [3.8, 4) is 0 Å². The Morgan fingerprint density at radius 3 is 2.87 bits per heavy atom. The van der Waals surface area contributed by atoms with Crippen LogP contribution < -0.4 is 5.32 Å². The summed E-state index contributed by atoms with van der Waals surface area (Å²) >= 11 is 1.84. The zero-order valence-electron chi connectivity index (χ0n) is 13.6. The summed E-state index contributed by atoms with van der Waals surface area (Å²) < 4.78 is 1.78. The number of nitrogens with one attached hydrogen (secondary N) is 1. The van der Waals surface area contributed by atoms with Gasteiger partial charge < -0.3 is 5.32 Å². The first-order valence-corrected chi connectivity index (χ1v) is 8.85. The maximum Gasteiger partial charge on any atom is 0.163 e. The Bertz CT molecular complexity index is 841. The molecule has 0 aliphatic heterocycles. The molecule has 1 aliphatic carbocycles. The molecule has 7 heteroatoms. The lowest BCUT2D eigenvalue weighted by Gasteiger charge is -2.13. The summed E-state index contributed by atoms with van der Waals surface area (Å²) in [5, 5.41) is 9.89. The summed E-state index contributed by atoms with van der Waals surface area (Å²) in [6.07, 6.45) is 6.67. The normalized spacial score (nSPS) is 15.6. The van der Waals surface area contributed by atoms with E-state index in [1.807, 2.05) is 31.5 Å². The van der Waals surface area contributed by atoms with Crippen LogP contribution in [0.4, 0.5) is 5.82 Å². The Hall–Kier alpha value is -2.02. The minimum absolute atomic E-state index is 0.128. The number of nitrogens with zero attached hydrogens (tertiary/aromatic N) is 5. The van der Waals surface area contributed by atoms with Crippen LogP contribution in [0.15, 0.2) is 6.20 Å². The Morgan fingerprint density at radius 1 is 1.22 bits per heavy atom. The first-order chi connectivity index (χ1) is 11.1. The second kappa shape index (κ2) is 5.56. The highest BCUT2D eigenvalue weighted by Crippen LogP contribution is 2.32. The number of fused-ring (bicyclic) bond motifs is 2. The van der Waals surface area contributed by atoms with Crippen LogP contribution in [0.1, 0.15) is 47.2 Å². The van der Waals surface area contributed by atoms with Crippen LogP contribution in [-0.4, -0.2) is 24.7 Å². The van der Waals surface area contributed by atoms with Crippen LogP contribution in [0.5, 0.6) is 0 Å². The smallest absolute Gasteiger partial charge is 0.163 e. The molecule has 6 nitrogen and oxygen atoms in total. The zero-order chi connectivity index (χ0) is 16.0. The van der Waals surface area contributed by atoms with Gasteiger partial charge in [0, 0.05) is 11.9 Å². The highest BCUT2D eigenvalue weighted by molar-refractivity contribution is 7.11. The molecule has 4 rings (SSSR count). The molecule has 3 heterocycles. The van der Waals surface area contributed by atoms with Gasteiger partial charge in [-0.2, -0.15) is 5.10 Å². The van der Waals surface area contributed by atoms with E-state index >= 15 is 0 Å². The molecule has 0 spiro atoms. The summed E-state index contributed by atoms with van der Waals surface area (Å²) in [7, 11) is 1.90. The molecule has 0 radical (unpaired) electrons. The third kappa shape index (κ3) is 2.59. The van der Waals surface area contributed by atoms with Crippen molar-refractivity contribution in [2.45, 2.75) is 45.6 Å². The average molecular weight is 328 g/mol. The van der Waals surface area contributed by atoms with Crippen LogP contribution in [-0.2, 0) is 19.9 Å². The maximum absolute atomic E-state index is 4.85. The van der Waals surface area contributed by atoms with Gasteiger partial charge in [-0.05, 0) is 39.5 Å². The number of thiazole rings is 1. The molecular formula is C16H20N6S. The van der Waals surface area contributed by atoms with Gasteiger partial charge in [0.2, 0.25) is 0 Å². The van der Waals surface area contributed by atoms with Crippen LogP contribution in [0.25, 0.3) is 11.0 Å². The molecule has 1 N–H and O–H groups in total. The van der Waals surface area contributed by atoms with Gasteiger partial charge in [0.25, 0.3) is 0 Å². The maximum atomic E-state index is 4.85. The lowest BCUT2D eigenvalue weighted by molar-refractivity contribution is 0.678. The van der Waals surface area contributed by atoms with Crippen molar-refractivity contribution in [2.75, 3.05) is 5.32 Å². The lowest BCUT2D eigenvalue weighted by Crippen LogP contribution is -2.09. The minimum Gasteiger partial charge on any atom is -0.360 e. The molecule has 0 saturated heterocycles. The fraction of sp³-hybridized carbons (Fsp3) is 0.500. The summed E-state index contributed by atoms with van der Waals surface area (Å²) in [5.74, 6) is 1.58. The van der Waals surface area contributed by atoms with E-state index in [0.29, 0.717) is 0 Å². The summed E-state index contributed by atoms with van der Waals surface area (Å²) in [6.45, 7) is 4.05. The average Bonchev–Trinajstić information content (AvgIpc) is 3.12. The Kier molecular flexibility index (Phi) is 3.52. The molecule has 0 unspecified atom stereocenters. The van der Waals surface area contributed by atoms with Gasteiger partial charge >= 0.3 is 0 Å². The van der Waals surface area contributed by atoms with E-state index in [4.69, 9.17) is 4.98 Å². The van der Waals surface area contributed by atoms with Crippen LogP contribution in [0.3, 0.4) is 0 Å². The number of aryl methyl sites for hydroxylation is 4. The van der Waals surface area contributed by atoms with E-state index in [1.54, 1.807) is 4.68 Å². The van der Waals surface area contributed by atoms with E-state index in [-0.39, 0.29) is 6.04 Å². The molecule has 1 aliphatic rings. The highest BCUT2D eigenvalue weighted by atomic mass is 32.1. The Labute approximate surface area is 139 Å². The standard InChI is InChI=1S/C16H20N6S/c1-9(16-21-12-6-4-5-7-13(12)23-16)18-14-11-8-17-22(3)15(11)20-10(2)19-14/h8-9H,4-7H2,1-3H3,(H,18,19,20)/t9-/m1/s1. The van der Waals surface area contributed by atoms with Crippen molar-refractivity contribution in [1.29, 1.82) is 0 Å². The summed E-state index contributed by atoms with van der Waals surface area (Å²) in [5.41, 5.74) is 2.15. The van der Waals surface area contributed by atoms with Gasteiger partial charge in [-0.3, -0.25) is 4.68 Å². The van der Waals surface area contributed by atoms with Crippen molar-refractivity contribution in [3.63, 3.8) is 0 Å². The van der Waals surface area contributed by atoms with Gasteiger partial charge in [0.1, 0.15) is 16.6 Å². The molecule has 0 saturated carbocycles. The van der Waals surface area contributed by atoms with Gasteiger partial charge in [-0.1, -0.05) is 0 Å². The first kappa shape index (κ1) is 14.6. The molecule has 1 atom stereocenters. The van der Waals surface area contributed by atoms with E-state index in [1.165, 1.54) is 29.8 Å². The predicted octanol–water partition coefficient (Wildman–Crippen LogP) is 3.18. The molecule has 0 amide bonds. The summed E-state index contributed by atoms with van der Waals surface area (Å²) in [4.78, 5) is 15.3. The molecule has 23 heavy (non-hydrogen) atoms. The topological polar surface area (TPSA) is 68.5 Å². The Morgan fingerprint density at radius 2 is 2.04 bits per heavy atom. The third-order valence-corrected chi connectivity index (χ3v) is 5.63. The minimum atomic E-state index is 0.128. The first-order valence-electron chi connectivity index (χ1n) is 8.03. The second-order valence-electron chi connectivity index (χ2n) is 6.12. The number of aromatic nitrogens is 5. The lowest BCUT2D eigenvalue weighted by atomic mass is 10.0. The largest absolute Gasteiger partial charge is 0.360 e. The fourth-order valence-electron chi connectivity index (χ4n) is 3.07. The monoisotopic (exact) mass is 328 g/mol. The van der Waals surface area contributed by atoms with Gasteiger partial charge in [-0.15, -0.1) is 11.3 Å². The number of rotatable bonds is 3. The molecule has 0 bridgehead atoms. The molecule has 3 aromatic rings. The second-order valence-corrected chi connectivity index (χ2v) is 7.24. The van der Waals surface area contributed by atoms with E-state index < -0.39 is 0 Å². The SMILES string of the molecule is Cc1nc(N[C@H](C)c2nc3c(s2)CCCC3)c2cnn(C)c2n1. The predicted molar refractivity (Wildman–Crippen MR) is 91.8 cm³/mol. The summed E-state index contributed by atoms with van der Waals surface area (Å²) in [6, 6.07) is 0.128. The van der Waals surface area contributed by atoms with E-state index in [9.17, 15) is 0 Å². The van der Waals surface area contributed by atoms with Crippen LogP contribution in [0.2, 0.25) is 0 Å². The van der Waals surface area contributed by atoms with Gasteiger partial charge in [-0.25, -0.2) is 15.0 Å². The molecule has 0 fully saturated rings. The van der Waals surface area contributed by atoms with Crippen molar-refractivity contribution in [2.24, 2.45) is 7.05 Å². The molecule has 0 aromatic carbocycles. The van der Waals surface area contributed by atoms with Crippen molar-refractivity contribution >= 4 is 28.2 Å². The van der Waals surface area contributed by atoms with Gasteiger partial charge in [0.05, 0.1) is 23.3 Å². The molecular weight excluding hydrogens is 308 g/mol. The van der Waals surface area contributed by atoms with Crippen molar-refractivity contribution in [1.82, 2.24) is 24.7 Å². The fourth-order valence-corrected chi connectivity index (χ4v) is 4.22. The third-order valence-electron chi connectivity index (χ3n) is 4.29. The molecule has 3 aromatic heterocycles. The van der Waals surface area contributed by atoms with Crippen molar-refractivity contribution < 1.29 is 0 Å². The Balaban J connectivity index is 1.66. The van der Waals surface area contributed by atoms with Crippen molar-refractivity contribution in [3.05, 3.63) is 27.6 Å². The number of hydrogen-bond acceptors (Lipinski definition) is 6. The van der Waals surface area contributed by atoms with Gasteiger partial charge in [0.15, 0.2) is 5.65 Å². The van der Waals surface area contributed by atoms with Crippen LogP contribution in [0, 0.1) is 6.92 Å². The number of anilines is 1. The zero-order valence-corrected chi connectivity index (χ0v) is 14.4. The quantitative estimate of drug-likeness (QED) is 0.800. The highest BCUT2D eigenvalue weighted by Gasteiger charge is 2.20. The van der Waals surface area contributed by atoms with Crippen LogP contribution >= 0.6 is 11.3 Å². The van der Waals surface area contributed by atoms with E-state index in [2.05, 4.69) is 27.3 Å². The van der Waals surface area contributed by atoms with E-state index in [0.717, 1.165) is 34.1 Å².